The van der Waals surface area contributed by atoms with E-state index in [1.165, 1.54) is 0 Å². The van der Waals surface area contributed by atoms with Crippen LogP contribution in [0.5, 0.6) is 5.75 Å². The number of nitrogens with one attached hydrogen (secondary N) is 1. The lowest BCUT2D eigenvalue weighted by Crippen LogP contribution is -2.47. The van der Waals surface area contributed by atoms with Crippen molar-refractivity contribution in [1.82, 2.24) is 10.2 Å². The Morgan fingerprint density at radius 1 is 1.27 bits per heavy atom. The molecule has 0 aliphatic carbocycles. The number of aliphatic imine (C=N–C) groups is 1. The average Bonchev–Trinajstić information content (AvgIpc) is 2.95. The average molecular weight is 434 g/mol. The first-order valence-corrected chi connectivity index (χ1v) is 9.44. The lowest BCUT2D eigenvalue weighted by atomic mass is 9.82. The fourth-order valence-corrected chi connectivity index (χ4v) is 4.24. The van der Waals surface area contributed by atoms with Crippen LogP contribution >= 0.6 is 28.1 Å². The molecule has 2 heterocycles. The van der Waals surface area contributed by atoms with E-state index < -0.39 is 11.7 Å². The molecular formula is C19H17BrFN3OS. The van der Waals surface area contributed by atoms with Crippen molar-refractivity contribution in [3.8, 4) is 5.75 Å². The lowest BCUT2D eigenvalue weighted by Gasteiger charge is -2.34. The number of methoxy groups -OCH3 is 1. The Bertz CT molecular complexity index is 889. The minimum Gasteiger partial charge on any atom is -0.497 e. The van der Waals surface area contributed by atoms with Crippen molar-refractivity contribution >= 4 is 39.1 Å². The molecule has 0 radical (unpaired) electrons. The van der Waals surface area contributed by atoms with Crippen LogP contribution in [0.2, 0.25) is 0 Å². The van der Waals surface area contributed by atoms with Gasteiger partial charge in [0.1, 0.15) is 23.3 Å². The summed E-state index contributed by atoms with van der Waals surface area (Å²) >= 11 is 9.08. The van der Waals surface area contributed by atoms with Crippen LogP contribution in [0.4, 0.5) is 4.39 Å². The number of thiocarbonyl (C=S) groups is 1. The van der Waals surface area contributed by atoms with Crippen LogP contribution in [0.25, 0.3) is 0 Å². The number of hydrogen-bond donors (Lipinski definition) is 1. The highest BCUT2D eigenvalue weighted by Gasteiger charge is 2.51. The Hall–Kier alpha value is -1.99. The van der Waals surface area contributed by atoms with Gasteiger partial charge in [-0.2, -0.15) is 0 Å². The molecule has 1 N–H and O–H groups in total. The molecule has 0 saturated carbocycles. The first-order chi connectivity index (χ1) is 12.5. The van der Waals surface area contributed by atoms with Crippen molar-refractivity contribution in [2.75, 3.05) is 20.2 Å². The summed E-state index contributed by atoms with van der Waals surface area (Å²) in [6.07, 6.45) is -1.02. The van der Waals surface area contributed by atoms with Crippen LogP contribution in [-0.4, -0.2) is 42.2 Å². The molecule has 26 heavy (non-hydrogen) atoms. The van der Waals surface area contributed by atoms with Gasteiger partial charge in [-0.05, 0) is 47.6 Å². The SMILES string of the molecule is COc1ccc(C2(c3cccc(Br)c3)NC(=S)N3CC(F)CN=C32)cc1. The molecule has 0 bridgehead atoms. The maximum Gasteiger partial charge on any atom is 0.175 e. The summed E-state index contributed by atoms with van der Waals surface area (Å²) in [5.41, 5.74) is 1.20. The molecule has 2 atom stereocenters. The van der Waals surface area contributed by atoms with E-state index >= 15 is 0 Å². The van der Waals surface area contributed by atoms with Crippen LogP contribution in [0, 0.1) is 0 Å². The van der Waals surface area contributed by atoms with Crippen molar-refractivity contribution < 1.29 is 9.13 Å². The van der Waals surface area contributed by atoms with Crippen LogP contribution in [0.1, 0.15) is 11.1 Å². The van der Waals surface area contributed by atoms with E-state index in [-0.39, 0.29) is 13.1 Å². The van der Waals surface area contributed by atoms with Gasteiger partial charge in [0.15, 0.2) is 5.11 Å². The van der Waals surface area contributed by atoms with Gasteiger partial charge in [0.2, 0.25) is 0 Å². The lowest BCUT2D eigenvalue weighted by molar-refractivity contribution is 0.291. The number of alkyl halides is 1. The van der Waals surface area contributed by atoms with Crippen LogP contribution in [0.15, 0.2) is 58.0 Å². The van der Waals surface area contributed by atoms with Crippen LogP contribution in [-0.2, 0) is 5.54 Å². The number of fused-ring (bicyclic) bond motifs is 1. The summed E-state index contributed by atoms with van der Waals surface area (Å²) in [7, 11) is 1.64. The number of benzene rings is 2. The van der Waals surface area contributed by atoms with E-state index in [9.17, 15) is 4.39 Å². The Labute approximate surface area is 165 Å². The van der Waals surface area contributed by atoms with Crippen LogP contribution in [0.3, 0.4) is 0 Å². The monoisotopic (exact) mass is 433 g/mol. The van der Waals surface area contributed by atoms with Gasteiger partial charge in [-0.3, -0.25) is 4.99 Å². The van der Waals surface area contributed by atoms with E-state index in [4.69, 9.17) is 17.0 Å². The van der Waals surface area contributed by atoms with E-state index in [2.05, 4.69) is 26.2 Å². The highest BCUT2D eigenvalue weighted by Crippen LogP contribution is 2.39. The molecule has 1 fully saturated rings. The van der Waals surface area contributed by atoms with Gasteiger partial charge in [-0.15, -0.1) is 0 Å². The minimum atomic E-state index is -1.02. The number of amidine groups is 1. The van der Waals surface area contributed by atoms with Gasteiger partial charge in [0, 0.05) is 4.47 Å². The first kappa shape index (κ1) is 17.4. The largest absolute Gasteiger partial charge is 0.497 e. The number of hydrogen-bond acceptors (Lipinski definition) is 3. The third-order valence-corrected chi connectivity index (χ3v) is 5.55. The van der Waals surface area contributed by atoms with Gasteiger partial charge in [0.05, 0.1) is 20.2 Å². The van der Waals surface area contributed by atoms with Gasteiger partial charge >= 0.3 is 0 Å². The Morgan fingerprint density at radius 3 is 2.73 bits per heavy atom. The summed E-state index contributed by atoms with van der Waals surface area (Å²) in [5, 5.41) is 3.91. The van der Waals surface area contributed by atoms with Crippen molar-refractivity contribution in [3.05, 3.63) is 64.1 Å². The van der Waals surface area contributed by atoms with Gasteiger partial charge in [-0.25, -0.2) is 4.39 Å². The van der Waals surface area contributed by atoms with Gasteiger partial charge in [-0.1, -0.05) is 40.2 Å². The minimum absolute atomic E-state index is 0.141. The Kier molecular flexibility index (Phi) is 4.44. The van der Waals surface area contributed by atoms with Crippen molar-refractivity contribution in [1.29, 1.82) is 0 Å². The number of nitrogens with zero attached hydrogens (tertiary/aromatic N) is 2. The predicted molar refractivity (Wildman–Crippen MR) is 108 cm³/mol. The standard InChI is InChI=1S/C19H17BrFN3OS/c1-25-16-7-5-12(6-8-16)19(13-3-2-4-14(20)9-13)17-22-10-15(21)11-24(17)18(26)23-19/h2-9,15H,10-11H2,1H3,(H,23,26). The molecule has 0 spiro atoms. The maximum atomic E-state index is 14.0. The molecule has 7 heteroatoms. The highest BCUT2D eigenvalue weighted by molar-refractivity contribution is 9.10. The normalized spacial score (nSPS) is 24.7. The molecule has 2 aromatic carbocycles. The predicted octanol–water partition coefficient (Wildman–Crippen LogP) is 3.64. The van der Waals surface area contributed by atoms with Crippen molar-refractivity contribution in [2.24, 2.45) is 4.99 Å². The maximum absolute atomic E-state index is 14.0. The highest BCUT2D eigenvalue weighted by atomic mass is 79.9. The molecule has 2 aliphatic heterocycles. The molecule has 0 amide bonds. The van der Waals surface area contributed by atoms with Crippen molar-refractivity contribution in [3.63, 3.8) is 0 Å². The van der Waals surface area contributed by atoms with Crippen LogP contribution < -0.4 is 10.1 Å². The summed E-state index contributed by atoms with van der Waals surface area (Å²) in [5.74, 6) is 1.50. The Balaban J connectivity index is 1.94. The van der Waals surface area contributed by atoms with Gasteiger partial charge in [0.25, 0.3) is 0 Å². The molecule has 4 nitrogen and oxygen atoms in total. The fourth-order valence-electron chi connectivity index (χ4n) is 3.53. The summed E-state index contributed by atoms with van der Waals surface area (Å²) in [4.78, 5) is 6.34. The van der Waals surface area contributed by atoms with E-state index in [1.54, 1.807) is 12.0 Å². The zero-order valence-corrected chi connectivity index (χ0v) is 16.5. The fraction of sp³-hybridized carbons (Fsp3) is 0.263. The molecule has 2 unspecified atom stereocenters. The smallest absolute Gasteiger partial charge is 0.175 e. The molecule has 2 aliphatic rings. The van der Waals surface area contributed by atoms with E-state index in [1.807, 2.05) is 48.5 Å². The van der Waals surface area contributed by atoms with Gasteiger partial charge < -0.3 is 15.0 Å². The zero-order chi connectivity index (χ0) is 18.3. The zero-order valence-electron chi connectivity index (χ0n) is 14.1. The topological polar surface area (TPSA) is 36.9 Å². The second-order valence-corrected chi connectivity index (χ2v) is 7.59. The summed E-state index contributed by atoms with van der Waals surface area (Å²) in [6.45, 7) is 0.360. The number of rotatable bonds is 3. The molecular weight excluding hydrogens is 417 g/mol. The quantitative estimate of drug-likeness (QED) is 0.749. The third-order valence-electron chi connectivity index (χ3n) is 4.73. The molecule has 1 saturated heterocycles. The summed E-state index contributed by atoms with van der Waals surface area (Å²) < 4.78 is 20.2. The van der Waals surface area contributed by atoms with E-state index in [0.29, 0.717) is 5.11 Å². The molecule has 2 aromatic rings. The number of halogens is 2. The molecule has 4 rings (SSSR count). The molecule has 134 valence electrons. The van der Waals surface area contributed by atoms with E-state index in [0.717, 1.165) is 27.2 Å². The second-order valence-electron chi connectivity index (χ2n) is 6.29. The third kappa shape index (κ3) is 2.70. The molecule has 0 aromatic heterocycles. The Morgan fingerprint density at radius 2 is 2.04 bits per heavy atom. The summed E-state index contributed by atoms with van der Waals surface area (Å²) in [6, 6.07) is 15.8. The first-order valence-electron chi connectivity index (χ1n) is 8.24. The number of ether oxygens (including phenoxy) is 1. The van der Waals surface area contributed by atoms with Crippen molar-refractivity contribution in [2.45, 2.75) is 11.7 Å². The second kappa shape index (κ2) is 6.63.